The summed E-state index contributed by atoms with van der Waals surface area (Å²) in [5, 5.41) is 10.9. The Morgan fingerprint density at radius 3 is 2.55 bits per heavy atom. The lowest BCUT2D eigenvalue weighted by atomic mass is 10.3. The second-order valence-electron chi connectivity index (χ2n) is 6.42. The summed E-state index contributed by atoms with van der Waals surface area (Å²) in [5.74, 6) is 1.26. The molecule has 1 N–H and O–H groups in total. The van der Waals surface area contributed by atoms with E-state index in [2.05, 4.69) is 22.4 Å². The summed E-state index contributed by atoms with van der Waals surface area (Å²) in [5.41, 5.74) is 0.264. The first kappa shape index (κ1) is 23.0. The molecule has 0 fully saturated rings. The second-order valence-corrected chi connectivity index (χ2v) is 10.6. The van der Waals surface area contributed by atoms with Crippen LogP contribution in [0.1, 0.15) is 13.3 Å². The molecule has 0 aliphatic heterocycles. The highest BCUT2D eigenvalue weighted by molar-refractivity contribution is 8.01. The third kappa shape index (κ3) is 6.68. The van der Waals surface area contributed by atoms with E-state index in [0.29, 0.717) is 16.6 Å². The number of anilines is 2. The minimum Gasteiger partial charge on any atom is -0.455 e. The molecule has 2 aromatic carbocycles. The van der Waals surface area contributed by atoms with Crippen molar-refractivity contribution < 1.29 is 17.9 Å². The Bertz CT molecular complexity index is 1120. The highest BCUT2D eigenvalue weighted by atomic mass is 32.2. The third-order valence-corrected chi connectivity index (χ3v) is 7.18. The molecule has 0 radical (unpaired) electrons. The maximum Gasteiger partial charge on any atom is 0.246 e. The normalized spacial score (nSPS) is 11.2. The van der Waals surface area contributed by atoms with Gasteiger partial charge in [-0.15, -0.1) is 10.2 Å². The van der Waals surface area contributed by atoms with Gasteiger partial charge in [-0.2, -0.15) is 0 Å². The molecule has 0 bridgehead atoms. The van der Waals surface area contributed by atoms with Crippen LogP contribution in [0, 0.1) is 0 Å². The van der Waals surface area contributed by atoms with Crippen molar-refractivity contribution in [1.82, 2.24) is 10.2 Å². The van der Waals surface area contributed by atoms with Crippen molar-refractivity contribution in [3.05, 3.63) is 54.6 Å². The van der Waals surface area contributed by atoms with Crippen LogP contribution in [0.4, 0.5) is 10.8 Å². The zero-order chi connectivity index (χ0) is 22.3. The Morgan fingerprint density at radius 1 is 1.13 bits per heavy atom. The van der Waals surface area contributed by atoms with E-state index in [1.165, 1.54) is 11.3 Å². The molecule has 1 amide bonds. The van der Waals surface area contributed by atoms with E-state index >= 15 is 0 Å². The van der Waals surface area contributed by atoms with Gasteiger partial charge in [0.15, 0.2) is 10.1 Å². The van der Waals surface area contributed by atoms with Crippen LogP contribution in [-0.2, 0) is 14.8 Å². The first-order chi connectivity index (χ1) is 14.9. The fourth-order valence-electron chi connectivity index (χ4n) is 2.54. The van der Waals surface area contributed by atoms with E-state index in [1.54, 1.807) is 48.2 Å². The molecule has 0 atom stereocenters. The van der Waals surface area contributed by atoms with Gasteiger partial charge in [0.05, 0.1) is 11.9 Å². The predicted molar refractivity (Wildman–Crippen MR) is 125 cm³/mol. The van der Waals surface area contributed by atoms with E-state index in [9.17, 15) is 13.2 Å². The smallest absolute Gasteiger partial charge is 0.246 e. The number of hydrogen-bond donors (Lipinski definition) is 1. The number of rotatable bonds is 10. The van der Waals surface area contributed by atoms with Crippen molar-refractivity contribution in [3.8, 4) is 11.5 Å². The van der Waals surface area contributed by atoms with Crippen LogP contribution < -0.4 is 14.4 Å². The minimum atomic E-state index is -3.77. The number of benzene rings is 2. The summed E-state index contributed by atoms with van der Waals surface area (Å²) in [6.45, 7) is 1.64. The highest BCUT2D eigenvalue weighted by Crippen LogP contribution is 2.33. The summed E-state index contributed by atoms with van der Waals surface area (Å²) in [4.78, 5) is 12.6. The van der Waals surface area contributed by atoms with Gasteiger partial charge < -0.3 is 4.74 Å². The van der Waals surface area contributed by atoms with Gasteiger partial charge in [0.2, 0.25) is 21.1 Å². The summed E-state index contributed by atoms with van der Waals surface area (Å²) < 4.78 is 32.6. The van der Waals surface area contributed by atoms with Crippen molar-refractivity contribution in [2.75, 3.05) is 28.2 Å². The molecule has 0 aliphatic carbocycles. The standard InChI is InChI=1S/C20H22N4O4S3/c1-3-13-29-20-23-22-19(30-20)21-18(25)14-24(31(2,26)27)16-11-7-8-12-17(16)28-15-9-5-4-6-10-15/h4-12H,3,13-14H2,1-2H3,(H,21,22,25). The summed E-state index contributed by atoms with van der Waals surface area (Å²) in [6, 6.07) is 15.7. The highest BCUT2D eigenvalue weighted by Gasteiger charge is 2.24. The van der Waals surface area contributed by atoms with E-state index < -0.39 is 22.5 Å². The zero-order valence-electron chi connectivity index (χ0n) is 17.0. The molecule has 3 aromatic rings. The van der Waals surface area contributed by atoms with Crippen LogP contribution in [0.15, 0.2) is 58.9 Å². The molecule has 0 unspecified atom stereocenters. The monoisotopic (exact) mass is 478 g/mol. The molecule has 0 saturated carbocycles. The molecule has 8 nitrogen and oxygen atoms in total. The Labute approximate surface area is 189 Å². The van der Waals surface area contributed by atoms with E-state index in [-0.39, 0.29) is 5.69 Å². The van der Waals surface area contributed by atoms with Crippen molar-refractivity contribution in [2.24, 2.45) is 0 Å². The SMILES string of the molecule is CCCSc1nnc(NC(=O)CN(c2ccccc2Oc2ccccc2)S(C)(=O)=O)s1. The summed E-state index contributed by atoms with van der Waals surface area (Å²) in [7, 11) is -3.77. The van der Waals surface area contributed by atoms with E-state index in [1.807, 2.05) is 18.2 Å². The molecule has 31 heavy (non-hydrogen) atoms. The van der Waals surface area contributed by atoms with Crippen LogP contribution >= 0.6 is 23.1 Å². The molecule has 3 rings (SSSR count). The van der Waals surface area contributed by atoms with Gasteiger partial charge in [-0.1, -0.05) is 60.4 Å². The number of para-hydroxylation sites is 3. The molecule has 0 saturated heterocycles. The molecular weight excluding hydrogens is 456 g/mol. The molecule has 11 heteroatoms. The van der Waals surface area contributed by atoms with Crippen LogP contribution in [0.2, 0.25) is 0 Å². The molecule has 0 aliphatic rings. The molecular formula is C20H22N4O4S3. The number of aromatic nitrogens is 2. The number of ether oxygens (including phenoxy) is 1. The molecule has 1 aromatic heterocycles. The van der Waals surface area contributed by atoms with Crippen LogP contribution in [-0.4, -0.2) is 43.1 Å². The first-order valence-corrected chi connectivity index (χ1v) is 13.1. The number of hydrogen-bond acceptors (Lipinski definition) is 8. The first-order valence-electron chi connectivity index (χ1n) is 9.42. The molecule has 164 valence electrons. The number of nitrogens with one attached hydrogen (secondary N) is 1. The van der Waals surface area contributed by atoms with Crippen molar-refractivity contribution in [2.45, 2.75) is 17.7 Å². The van der Waals surface area contributed by atoms with Gasteiger partial charge in [0.25, 0.3) is 0 Å². The summed E-state index contributed by atoms with van der Waals surface area (Å²) >= 11 is 2.81. The maximum atomic E-state index is 12.6. The third-order valence-electron chi connectivity index (χ3n) is 3.87. The van der Waals surface area contributed by atoms with Gasteiger partial charge in [0.1, 0.15) is 12.3 Å². The van der Waals surface area contributed by atoms with Gasteiger partial charge >= 0.3 is 0 Å². The lowest BCUT2D eigenvalue weighted by Crippen LogP contribution is -2.37. The van der Waals surface area contributed by atoms with E-state index in [4.69, 9.17) is 4.74 Å². The Hall–Kier alpha value is -2.63. The second kappa shape index (κ2) is 10.6. The average Bonchev–Trinajstić information content (AvgIpc) is 3.18. The van der Waals surface area contributed by atoms with Crippen LogP contribution in [0.25, 0.3) is 0 Å². The lowest BCUT2D eigenvalue weighted by Gasteiger charge is -2.23. The van der Waals surface area contributed by atoms with Gasteiger partial charge in [-0.25, -0.2) is 8.42 Å². The topological polar surface area (TPSA) is 101 Å². The summed E-state index contributed by atoms with van der Waals surface area (Å²) in [6.07, 6.45) is 2.05. The number of thioether (sulfide) groups is 1. The fraction of sp³-hybridized carbons (Fsp3) is 0.250. The predicted octanol–water partition coefficient (Wildman–Crippen LogP) is 4.24. The number of sulfonamides is 1. The number of carbonyl (C=O) groups is 1. The van der Waals surface area contributed by atoms with Crippen molar-refractivity contribution >= 4 is 49.8 Å². The lowest BCUT2D eigenvalue weighted by molar-refractivity contribution is -0.114. The van der Waals surface area contributed by atoms with Gasteiger partial charge in [-0.3, -0.25) is 14.4 Å². The van der Waals surface area contributed by atoms with Crippen molar-refractivity contribution in [1.29, 1.82) is 0 Å². The van der Waals surface area contributed by atoms with Crippen LogP contribution in [0.5, 0.6) is 11.5 Å². The van der Waals surface area contributed by atoms with Crippen molar-refractivity contribution in [3.63, 3.8) is 0 Å². The number of nitrogens with zero attached hydrogens (tertiary/aromatic N) is 3. The van der Waals surface area contributed by atoms with E-state index in [0.717, 1.165) is 27.1 Å². The van der Waals surface area contributed by atoms with Gasteiger partial charge in [0, 0.05) is 5.75 Å². The number of carbonyl (C=O) groups excluding carboxylic acids is 1. The quantitative estimate of drug-likeness (QED) is 0.343. The maximum absolute atomic E-state index is 12.6. The Balaban J connectivity index is 1.78. The molecule has 0 spiro atoms. The molecule has 1 heterocycles. The average molecular weight is 479 g/mol. The fourth-order valence-corrected chi connectivity index (χ4v) is 5.10. The Kier molecular flexibility index (Phi) is 7.88. The van der Waals surface area contributed by atoms with Crippen LogP contribution in [0.3, 0.4) is 0 Å². The number of amides is 1. The zero-order valence-corrected chi connectivity index (χ0v) is 19.5. The Morgan fingerprint density at radius 2 is 1.84 bits per heavy atom. The minimum absolute atomic E-state index is 0.264. The largest absolute Gasteiger partial charge is 0.455 e. The van der Waals surface area contributed by atoms with Gasteiger partial charge in [-0.05, 0) is 30.7 Å².